The molecule has 0 saturated carbocycles. The van der Waals surface area contributed by atoms with E-state index in [-0.39, 0.29) is 47.3 Å². The number of anilines is 2. The maximum Gasteiger partial charge on any atom is 0.430 e. The Morgan fingerprint density at radius 1 is 1.06 bits per heavy atom. The molecule has 3 heterocycles. The molecule has 1 atom stereocenters. The van der Waals surface area contributed by atoms with Gasteiger partial charge in [-0.1, -0.05) is 11.3 Å². The van der Waals surface area contributed by atoms with Gasteiger partial charge in [0.05, 0.1) is 11.6 Å². The van der Waals surface area contributed by atoms with E-state index in [9.17, 15) is 39.9 Å². The lowest BCUT2D eigenvalue weighted by Crippen LogP contribution is -2.54. The van der Waals surface area contributed by atoms with E-state index in [4.69, 9.17) is 5.73 Å². The van der Waals surface area contributed by atoms with Gasteiger partial charge in [-0.05, 0) is 0 Å². The Morgan fingerprint density at radius 2 is 1.62 bits per heavy atom. The van der Waals surface area contributed by atoms with Crippen molar-refractivity contribution in [3.05, 3.63) is 24.2 Å². The molecule has 18 heteroatoms. The summed E-state index contributed by atoms with van der Waals surface area (Å²) in [4.78, 5) is 12.0. The molecular weight excluding hydrogens is 510 g/mol. The normalized spacial score (nSPS) is 19.4. The van der Waals surface area contributed by atoms with Crippen LogP contribution in [0.1, 0.15) is 5.56 Å². The zero-order valence-corrected chi connectivity index (χ0v) is 18.1. The van der Waals surface area contributed by atoms with Gasteiger partial charge in [-0.2, -0.15) is 43.3 Å². The maximum atomic E-state index is 13.0. The summed E-state index contributed by atoms with van der Waals surface area (Å²) in [6.07, 6.45) is -10.6. The van der Waals surface area contributed by atoms with Gasteiger partial charge in [0.25, 0.3) is 15.6 Å². The molecule has 1 aliphatic heterocycles. The number of nitrogen functional groups attached to an aromatic ring is 1. The minimum absolute atomic E-state index is 0.0517. The first-order chi connectivity index (χ1) is 14.6. The van der Waals surface area contributed by atoms with E-state index in [0.29, 0.717) is 0 Å². The van der Waals surface area contributed by atoms with Crippen molar-refractivity contribution in [3.8, 4) is 0 Å². The topological polar surface area (TPSA) is 126 Å². The van der Waals surface area contributed by atoms with Gasteiger partial charge in [-0.25, -0.2) is 23.4 Å². The third kappa shape index (κ3) is 4.20. The fraction of sp³-hybridized carbons (Fsp3) is 0.500. The number of aromatic nitrogens is 3. The molecule has 1 fully saturated rings. The highest BCUT2D eigenvalue weighted by molar-refractivity contribution is 7.91. The van der Waals surface area contributed by atoms with Gasteiger partial charge in [0, 0.05) is 37.6 Å². The van der Waals surface area contributed by atoms with Crippen molar-refractivity contribution in [2.75, 3.05) is 30.3 Å². The van der Waals surface area contributed by atoms with Crippen LogP contribution in [0.15, 0.2) is 22.8 Å². The predicted octanol–water partition coefficient (Wildman–Crippen LogP) is 1.59. The second-order valence-corrected chi connectivity index (χ2v) is 10.4. The quantitative estimate of drug-likeness (QED) is 0.407. The van der Waals surface area contributed by atoms with Gasteiger partial charge < -0.3 is 15.7 Å². The summed E-state index contributed by atoms with van der Waals surface area (Å²) < 4.78 is 104. The van der Waals surface area contributed by atoms with Crippen molar-refractivity contribution in [2.45, 2.75) is 27.5 Å². The molecule has 9 nitrogen and oxygen atoms in total. The molecule has 178 valence electrons. The van der Waals surface area contributed by atoms with Gasteiger partial charge in [-0.3, -0.25) is 0 Å². The largest absolute Gasteiger partial charge is 0.430 e. The average Bonchev–Trinajstić information content (AvgIpc) is 3.13. The van der Waals surface area contributed by atoms with Crippen molar-refractivity contribution in [3.63, 3.8) is 0 Å². The monoisotopic (exact) mass is 524 g/mol. The highest BCUT2D eigenvalue weighted by Gasteiger charge is 2.71. The molecule has 1 saturated heterocycles. The SMILES string of the molecule is Nc1ncc(S(=O)(=O)N2CCN(c3ncc(C(O)(C(F)(F)F)C(F)(F)F)cn3)[C@@H](S)C2)s1. The summed E-state index contributed by atoms with van der Waals surface area (Å²) >= 11 is 5.01. The molecule has 0 aliphatic carbocycles. The number of halogens is 6. The van der Waals surface area contributed by atoms with Crippen LogP contribution < -0.4 is 10.6 Å². The van der Waals surface area contributed by atoms with Crippen LogP contribution in [0.25, 0.3) is 0 Å². The summed E-state index contributed by atoms with van der Waals surface area (Å²) in [6, 6.07) is 0. The van der Waals surface area contributed by atoms with Crippen molar-refractivity contribution in [1.82, 2.24) is 19.3 Å². The van der Waals surface area contributed by atoms with Gasteiger partial charge in [-0.15, -0.1) is 0 Å². The highest BCUT2D eigenvalue weighted by atomic mass is 32.2. The summed E-state index contributed by atoms with van der Waals surface area (Å²) in [6.45, 7) is -0.357. The van der Waals surface area contributed by atoms with Crippen molar-refractivity contribution >= 4 is 45.1 Å². The molecule has 3 N–H and O–H groups in total. The van der Waals surface area contributed by atoms with Gasteiger partial charge in [0.2, 0.25) is 5.95 Å². The van der Waals surface area contributed by atoms with E-state index in [1.54, 1.807) is 0 Å². The fourth-order valence-corrected chi connectivity index (χ4v) is 5.89. The molecule has 0 bridgehead atoms. The molecule has 0 amide bonds. The number of hydrogen-bond acceptors (Lipinski definition) is 10. The first-order valence-corrected chi connectivity index (χ1v) is 11.2. The number of rotatable bonds is 4. The van der Waals surface area contributed by atoms with E-state index >= 15 is 0 Å². The first-order valence-electron chi connectivity index (χ1n) is 8.43. The number of hydrogen-bond donors (Lipinski definition) is 3. The second kappa shape index (κ2) is 8.15. The number of thiazole rings is 1. The maximum absolute atomic E-state index is 13.0. The minimum atomic E-state index is -6.07. The molecule has 0 aromatic carbocycles. The zero-order valence-electron chi connectivity index (χ0n) is 15.5. The number of piperazine rings is 1. The second-order valence-electron chi connectivity index (χ2n) is 6.53. The molecule has 3 rings (SSSR count). The van der Waals surface area contributed by atoms with E-state index in [1.807, 2.05) is 0 Å². The molecular formula is C14H14F6N6O3S3. The van der Waals surface area contributed by atoms with E-state index in [2.05, 4.69) is 27.6 Å². The predicted molar refractivity (Wildman–Crippen MR) is 103 cm³/mol. The van der Waals surface area contributed by atoms with Crippen LogP contribution in [-0.4, -0.2) is 70.1 Å². The molecule has 0 spiro atoms. The summed E-state index contributed by atoms with van der Waals surface area (Å²) in [7, 11) is -3.93. The summed E-state index contributed by atoms with van der Waals surface area (Å²) in [5.74, 6) is -0.292. The van der Waals surface area contributed by atoms with Crippen LogP contribution in [0.4, 0.5) is 37.4 Å². The number of nitrogens with zero attached hydrogens (tertiary/aromatic N) is 5. The van der Waals surface area contributed by atoms with E-state index < -0.39 is 38.9 Å². The van der Waals surface area contributed by atoms with Gasteiger partial charge >= 0.3 is 12.4 Å². The first kappa shape index (κ1) is 24.7. The highest BCUT2D eigenvalue weighted by Crippen LogP contribution is 2.49. The number of thiol groups is 1. The Balaban J connectivity index is 1.81. The number of alkyl halides is 6. The molecule has 2 aromatic rings. The summed E-state index contributed by atoms with van der Waals surface area (Å²) in [5.41, 5.74) is -1.31. The Hall–Kier alpha value is -1.89. The van der Waals surface area contributed by atoms with Crippen LogP contribution >= 0.6 is 24.0 Å². The van der Waals surface area contributed by atoms with Crippen LogP contribution in [0.2, 0.25) is 0 Å². The Bertz CT molecular complexity index is 1060. The molecule has 2 aromatic heterocycles. The zero-order chi connectivity index (χ0) is 24.1. The lowest BCUT2D eigenvalue weighted by atomic mass is 9.95. The van der Waals surface area contributed by atoms with Crippen molar-refractivity contribution in [1.29, 1.82) is 0 Å². The van der Waals surface area contributed by atoms with Crippen molar-refractivity contribution < 1.29 is 39.9 Å². The molecule has 0 unspecified atom stereocenters. The molecule has 32 heavy (non-hydrogen) atoms. The minimum Gasteiger partial charge on any atom is -0.375 e. The van der Waals surface area contributed by atoms with Crippen LogP contribution in [0.3, 0.4) is 0 Å². The average molecular weight is 524 g/mol. The fourth-order valence-electron chi connectivity index (χ4n) is 2.85. The standard InChI is InChI=1S/C14H14F6N6O3S3/c15-13(16,17)12(27,14(18,19)20)7-3-23-11(24-4-7)26-2-1-25(6-8(26)30)32(28,29)9-5-22-10(21)31-9/h3-5,8,27,30H,1-2,6H2,(H2,21,22)/t8-/m0/s1. The van der Waals surface area contributed by atoms with Crippen molar-refractivity contribution in [2.24, 2.45) is 0 Å². The van der Waals surface area contributed by atoms with Crippen LogP contribution in [0, 0.1) is 0 Å². The number of nitrogens with two attached hydrogens (primary N) is 1. The number of sulfonamides is 1. The lowest BCUT2D eigenvalue weighted by Gasteiger charge is -2.38. The van der Waals surface area contributed by atoms with Crippen LogP contribution in [-0.2, 0) is 15.6 Å². The summed E-state index contributed by atoms with van der Waals surface area (Å²) in [5, 5.41) is 8.57. The lowest BCUT2D eigenvalue weighted by molar-refractivity contribution is -0.376. The van der Waals surface area contributed by atoms with E-state index in [0.717, 1.165) is 21.8 Å². The Labute approximate surface area is 186 Å². The van der Waals surface area contributed by atoms with Gasteiger partial charge in [0.1, 0.15) is 0 Å². The Morgan fingerprint density at radius 3 is 2.06 bits per heavy atom. The molecule has 0 radical (unpaired) electrons. The third-order valence-electron chi connectivity index (χ3n) is 4.55. The molecule has 1 aliphatic rings. The third-order valence-corrected chi connectivity index (χ3v) is 8.12. The smallest absolute Gasteiger partial charge is 0.375 e. The van der Waals surface area contributed by atoms with Gasteiger partial charge in [0.15, 0.2) is 9.34 Å². The van der Waals surface area contributed by atoms with Crippen LogP contribution in [0.5, 0.6) is 0 Å². The van der Waals surface area contributed by atoms with E-state index in [1.165, 1.54) is 4.90 Å². The number of aliphatic hydroxyl groups is 1. The Kier molecular flexibility index (Phi) is 6.31.